The molecule has 1 heterocycles. The molecule has 10 heteroatoms. The van der Waals surface area contributed by atoms with E-state index in [0.29, 0.717) is 12.3 Å². The van der Waals surface area contributed by atoms with Crippen molar-refractivity contribution in [3.05, 3.63) is 56.9 Å². The molecule has 164 valence electrons. The van der Waals surface area contributed by atoms with Gasteiger partial charge < -0.3 is 5.32 Å². The minimum Gasteiger partial charge on any atom is -0.348 e. The van der Waals surface area contributed by atoms with E-state index in [2.05, 4.69) is 24.3 Å². The summed E-state index contributed by atoms with van der Waals surface area (Å²) in [6, 6.07) is 7.49. The Bertz CT molecular complexity index is 907. The SMILES string of the molecule is CCC(C)c1ccc(C(CC)NC(=O)Cn2nc(C(F)(F)F)c([N+](=O)[O-])c2C)cc1. The van der Waals surface area contributed by atoms with E-state index in [9.17, 15) is 28.1 Å². The maximum Gasteiger partial charge on any atom is 0.442 e. The molecule has 0 aliphatic carbocycles. The third kappa shape index (κ3) is 5.17. The fourth-order valence-electron chi connectivity index (χ4n) is 3.19. The van der Waals surface area contributed by atoms with Gasteiger partial charge in [-0.3, -0.25) is 19.6 Å². The molecule has 0 saturated carbocycles. The molecular weight excluding hydrogens is 401 g/mol. The van der Waals surface area contributed by atoms with Crippen molar-refractivity contribution in [1.82, 2.24) is 15.1 Å². The van der Waals surface area contributed by atoms with Crippen LogP contribution in [0.25, 0.3) is 0 Å². The second kappa shape index (κ2) is 9.27. The number of nitrogens with zero attached hydrogens (tertiary/aromatic N) is 3. The summed E-state index contributed by atoms with van der Waals surface area (Å²) in [5.41, 5.74) is -1.01. The summed E-state index contributed by atoms with van der Waals surface area (Å²) in [6.45, 7) is 6.68. The summed E-state index contributed by atoms with van der Waals surface area (Å²) in [5, 5.41) is 17.1. The average Bonchev–Trinajstić information content (AvgIpc) is 3.02. The number of nitrogens with one attached hydrogen (secondary N) is 1. The molecule has 0 bridgehead atoms. The number of rotatable bonds is 8. The summed E-state index contributed by atoms with van der Waals surface area (Å²) in [4.78, 5) is 22.4. The van der Waals surface area contributed by atoms with Crippen LogP contribution in [0.3, 0.4) is 0 Å². The Kier molecular flexibility index (Phi) is 7.22. The molecule has 7 nitrogen and oxygen atoms in total. The Balaban J connectivity index is 2.19. The number of nitro groups is 1. The Morgan fingerprint density at radius 1 is 1.20 bits per heavy atom. The fourth-order valence-corrected chi connectivity index (χ4v) is 3.19. The highest BCUT2D eigenvalue weighted by Gasteiger charge is 2.44. The van der Waals surface area contributed by atoms with Crippen molar-refractivity contribution in [2.24, 2.45) is 0 Å². The van der Waals surface area contributed by atoms with Gasteiger partial charge in [0.15, 0.2) is 0 Å². The minimum absolute atomic E-state index is 0.326. The summed E-state index contributed by atoms with van der Waals surface area (Å²) < 4.78 is 39.9. The predicted octanol–water partition coefficient (Wildman–Crippen LogP) is 4.90. The highest BCUT2D eigenvalue weighted by Crippen LogP contribution is 2.36. The zero-order valence-electron chi connectivity index (χ0n) is 17.3. The maximum absolute atomic E-state index is 13.1. The van der Waals surface area contributed by atoms with E-state index in [4.69, 9.17) is 0 Å². The molecule has 0 fully saturated rings. The molecule has 30 heavy (non-hydrogen) atoms. The van der Waals surface area contributed by atoms with Gasteiger partial charge in [-0.25, -0.2) is 0 Å². The zero-order chi connectivity index (χ0) is 22.6. The third-order valence-electron chi connectivity index (χ3n) is 5.18. The van der Waals surface area contributed by atoms with E-state index in [-0.39, 0.29) is 11.7 Å². The Hall–Kier alpha value is -2.91. The van der Waals surface area contributed by atoms with Crippen LogP contribution in [0, 0.1) is 17.0 Å². The smallest absolute Gasteiger partial charge is 0.348 e. The quantitative estimate of drug-likeness (QED) is 0.480. The van der Waals surface area contributed by atoms with Crippen LogP contribution in [-0.4, -0.2) is 20.6 Å². The Labute approximate surface area is 172 Å². The van der Waals surface area contributed by atoms with Gasteiger partial charge >= 0.3 is 11.9 Å². The van der Waals surface area contributed by atoms with Crippen LogP contribution < -0.4 is 5.32 Å². The highest BCUT2D eigenvalue weighted by molar-refractivity contribution is 5.76. The van der Waals surface area contributed by atoms with Gasteiger partial charge in [0.2, 0.25) is 11.6 Å². The standard InChI is InChI=1S/C20H25F3N4O3/c1-5-12(3)14-7-9-15(10-8-14)16(6-2)24-17(28)11-26-13(4)18(27(29)30)19(25-26)20(21,22)23/h7-10,12,16H,5-6,11H2,1-4H3,(H,24,28). The van der Waals surface area contributed by atoms with Crippen LogP contribution in [0.5, 0.6) is 0 Å². The van der Waals surface area contributed by atoms with E-state index in [1.54, 1.807) is 0 Å². The molecule has 1 amide bonds. The van der Waals surface area contributed by atoms with Gasteiger partial charge in [0, 0.05) is 0 Å². The molecule has 0 spiro atoms. The molecule has 0 aliphatic heterocycles. The molecule has 0 radical (unpaired) electrons. The van der Waals surface area contributed by atoms with Gasteiger partial charge in [-0.2, -0.15) is 18.3 Å². The second-order valence-corrected chi connectivity index (χ2v) is 7.20. The lowest BCUT2D eigenvalue weighted by molar-refractivity contribution is -0.388. The topological polar surface area (TPSA) is 90.1 Å². The molecule has 2 rings (SSSR count). The average molecular weight is 426 g/mol. The summed E-state index contributed by atoms with van der Waals surface area (Å²) in [6.07, 6.45) is -3.42. The van der Waals surface area contributed by atoms with E-state index in [1.807, 2.05) is 31.2 Å². The van der Waals surface area contributed by atoms with Gasteiger partial charge in [0.1, 0.15) is 12.2 Å². The zero-order valence-corrected chi connectivity index (χ0v) is 17.3. The first-order chi connectivity index (χ1) is 14.0. The van der Waals surface area contributed by atoms with Gasteiger partial charge in [-0.1, -0.05) is 45.0 Å². The van der Waals surface area contributed by atoms with Crippen LogP contribution in [0.15, 0.2) is 24.3 Å². The van der Waals surface area contributed by atoms with Crippen LogP contribution in [0.2, 0.25) is 0 Å². The lowest BCUT2D eigenvalue weighted by atomic mass is 9.95. The van der Waals surface area contributed by atoms with Crippen LogP contribution in [0.4, 0.5) is 18.9 Å². The fraction of sp³-hybridized carbons (Fsp3) is 0.500. The number of hydrogen-bond acceptors (Lipinski definition) is 4. The summed E-state index contributed by atoms with van der Waals surface area (Å²) in [7, 11) is 0. The van der Waals surface area contributed by atoms with Crippen molar-refractivity contribution < 1.29 is 22.9 Å². The molecule has 2 unspecified atom stereocenters. The predicted molar refractivity (Wildman–Crippen MR) is 105 cm³/mol. The number of benzene rings is 1. The molecule has 1 N–H and O–H groups in total. The monoisotopic (exact) mass is 426 g/mol. The number of hydrogen-bond donors (Lipinski definition) is 1. The molecule has 1 aromatic carbocycles. The van der Waals surface area contributed by atoms with Gasteiger partial charge in [0.25, 0.3) is 0 Å². The van der Waals surface area contributed by atoms with Crippen molar-refractivity contribution in [3.8, 4) is 0 Å². The van der Waals surface area contributed by atoms with Crippen molar-refractivity contribution in [1.29, 1.82) is 0 Å². The number of carbonyl (C=O) groups excluding carboxylic acids is 1. The molecular formula is C20H25F3N4O3. The van der Waals surface area contributed by atoms with E-state index >= 15 is 0 Å². The number of carbonyl (C=O) groups is 1. The second-order valence-electron chi connectivity index (χ2n) is 7.20. The molecule has 1 aromatic heterocycles. The van der Waals surface area contributed by atoms with E-state index in [0.717, 1.165) is 23.6 Å². The molecule has 0 saturated heterocycles. The number of alkyl halides is 3. The van der Waals surface area contributed by atoms with E-state index in [1.165, 1.54) is 5.56 Å². The first-order valence-corrected chi connectivity index (χ1v) is 9.67. The highest BCUT2D eigenvalue weighted by atomic mass is 19.4. The van der Waals surface area contributed by atoms with Crippen molar-refractivity contribution in [2.45, 2.75) is 65.2 Å². The number of aromatic nitrogens is 2. The summed E-state index contributed by atoms with van der Waals surface area (Å²) >= 11 is 0. The summed E-state index contributed by atoms with van der Waals surface area (Å²) in [5.74, 6) is -0.169. The van der Waals surface area contributed by atoms with Gasteiger partial charge in [-0.15, -0.1) is 0 Å². The Morgan fingerprint density at radius 2 is 1.77 bits per heavy atom. The normalized spacial score (nSPS) is 13.7. The van der Waals surface area contributed by atoms with Gasteiger partial charge in [0.05, 0.1) is 11.0 Å². The number of halogens is 3. The van der Waals surface area contributed by atoms with Gasteiger partial charge in [-0.05, 0) is 36.8 Å². The third-order valence-corrected chi connectivity index (χ3v) is 5.18. The minimum atomic E-state index is -4.99. The van der Waals surface area contributed by atoms with Crippen LogP contribution in [-0.2, 0) is 17.5 Å². The first-order valence-electron chi connectivity index (χ1n) is 9.67. The van der Waals surface area contributed by atoms with Crippen LogP contribution >= 0.6 is 0 Å². The lowest BCUT2D eigenvalue weighted by Crippen LogP contribution is -2.32. The van der Waals surface area contributed by atoms with E-state index < -0.39 is 34.9 Å². The Morgan fingerprint density at radius 3 is 2.20 bits per heavy atom. The maximum atomic E-state index is 13.1. The molecule has 2 aromatic rings. The van der Waals surface area contributed by atoms with Crippen molar-refractivity contribution in [3.63, 3.8) is 0 Å². The molecule has 0 aliphatic rings. The van der Waals surface area contributed by atoms with Crippen molar-refractivity contribution in [2.75, 3.05) is 0 Å². The largest absolute Gasteiger partial charge is 0.442 e. The van der Waals surface area contributed by atoms with Crippen LogP contribution in [0.1, 0.15) is 68.1 Å². The number of amides is 1. The van der Waals surface area contributed by atoms with Crippen molar-refractivity contribution >= 4 is 11.6 Å². The lowest BCUT2D eigenvalue weighted by Gasteiger charge is -2.19. The first kappa shape index (κ1) is 23.4. The molecule has 2 atom stereocenters.